The molecular formula is C9H14Cl3NO2. The van der Waals surface area contributed by atoms with Crippen molar-refractivity contribution in [2.75, 3.05) is 0 Å². The lowest BCUT2D eigenvalue weighted by Gasteiger charge is -2.04. The number of benzene rings is 1. The Morgan fingerprint density at radius 3 is 2.07 bits per heavy atom. The van der Waals surface area contributed by atoms with Crippen LogP contribution in [0.1, 0.15) is 5.56 Å². The molecule has 6 heteroatoms. The number of hydrogen-bond acceptors (Lipinski definition) is 2. The van der Waals surface area contributed by atoms with Gasteiger partial charge in [-0.1, -0.05) is 30.3 Å². The molecule has 0 amide bonds. The van der Waals surface area contributed by atoms with Crippen molar-refractivity contribution in [3.05, 3.63) is 35.9 Å². The van der Waals surface area contributed by atoms with Gasteiger partial charge >= 0.3 is 5.97 Å². The van der Waals surface area contributed by atoms with Crippen LogP contribution in [0.4, 0.5) is 0 Å². The predicted octanol–water partition coefficient (Wildman–Crippen LogP) is 1.91. The summed E-state index contributed by atoms with van der Waals surface area (Å²) >= 11 is 0. The van der Waals surface area contributed by atoms with E-state index in [0.29, 0.717) is 6.42 Å². The average molecular weight is 275 g/mol. The van der Waals surface area contributed by atoms with Crippen LogP contribution >= 0.6 is 37.2 Å². The molecule has 0 saturated heterocycles. The predicted molar refractivity (Wildman–Crippen MR) is 67.5 cm³/mol. The molecule has 0 heterocycles. The minimum absolute atomic E-state index is 0. The molecule has 0 radical (unpaired) electrons. The van der Waals surface area contributed by atoms with Gasteiger partial charge in [0.1, 0.15) is 6.04 Å². The van der Waals surface area contributed by atoms with Gasteiger partial charge < -0.3 is 10.8 Å². The highest BCUT2D eigenvalue weighted by Crippen LogP contribution is 2.01. The van der Waals surface area contributed by atoms with Crippen LogP contribution in [0.25, 0.3) is 0 Å². The van der Waals surface area contributed by atoms with Gasteiger partial charge in [-0.3, -0.25) is 4.79 Å². The van der Waals surface area contributed by atoms with Crippen molar-refractivity contribution in [1.82, 2.24) is 0 Å². The van der Waals surface area contributed by atoms with Crippen LogP contribution in [0.2, 0.25) is 0 Å². The third kappa shape index (κ3) is 7.45. The standard InChI is InChI=1S/C9H11NO2.3ClH/c10-8(9(11)12)6-7-4-2-1-3-5-7;;;/h1-5,8H,6,10H2,(H,11,12);3*1H. The highest BCUT2D eigenvalue weighted by Gasteiger charge is 2.10. The number of carbonyl (C=O) groups is 1. The van der Waals surface area contributed by atoms with Gasteiger partial charge in [-0.2, -0.15) is 0 Å². The molecular weight excluding hydrogens is 260 g/mol. The summed E-state index contributed by atoms with van der Waals surface area (Å²) in [7, 11) is 0. The summed E-state index contributed by atoms with van der Waals surface area (Å²) in [5, 5.41) is 8.52. The van der Waals surface area contributed by atoms with E-state index in [1.165, 1.54) is 0 Å². The van der Waals surface area contributed by atoms with Gasteiger partial charge in [0.05, 0.1) is 0 Å². The van der Waals surface area contributed by atoms with Crippen molar-refractivity contribution in [1.29, 1.82) is 0 Å². The van der Waals surface area contributed by atoms with Crippen LogP contribution in [0.3, 0.4) is 0 Å². The van der Waals surface area contributed by atoms with Gasteiger partial charge in [-0.25, -0.2) is 0 Å². The second-order valence-electron chi connectivity index (χ2n) is 2.63. The van der Waals surface area contributed by atoms with Crippen molar-refractivity contribution in [3.63, 3.8) is 0 Å². The lowest BCUT2D eigenvalue weighted by Crippen LogP contribution is -2.32. The first-order valence-corrected chi connectivity index (χ1v) is 3.72. The van der Waals surface area contributed by atoms with Crippen molar-refractivity contribution < 1.29 is 9.90 Å². The fraction of sp³-hybridized carbons (Fsp3) is 0.222. The molecule has 0 fully saturated rings. The van der Waals surface area contributed by atoms with Crippen LogP contribution in [-0.4, -0.2) is 17.1 Å². The summed E-state index contributed by atoms with van der Waals surface area (Å²) < 4.78 is 0. The SMILES string of the molecule is Cl.Cl.Cl.NC(Cc1ccccc1)C(=O)O. The van der Waals surface area contributed by atoms with Crippen molar-refractivity contribution >= 4 is 43.2 Å². The Labute approximate surface area is 107 Å². The molecule has 1 aromatic carbocycles. The second-order valence-corrected chi connectivity index (χ2v) is 2.63. The normalized spacial score (nSPS) is 9.93. The highest BCUT2D eigenvalue weighted by molar-refractivity contribution is 5.86. The van der Waals surface area contributed by atoms with Crippen molar-refractivity contribution in [2.45, 2.75) is 12.5 Å². The molecule has 1 unspecified atom stereocenters. The first-order valence-electron chi connectivity index (χ1n) is 3.72. The first-order chi connectivity index (χ1) is 5.70. The fourth-order valence-electron chi connectivity index (χ4n) is 0.955. The Kier molecular flexibility index (Phi) is 13.4. The summed E-state index contributed by atoms with van der Waals surface area (Å²) in [4.78, 5) is 10.4. The molecule has 0 aromatic heterocycles. The van der Waals surface area contributed by atoms with E-state index in [2.05, 4.69) is 0 Å². The van der Waals surface area contributed by atoms with Gasteiger partial charge in [-0.05, 0) is 12.0 Å². The van der Waals surface area contributed by atoms with E-state index < -0.39 is 12.0 Å². The van der Waals surface area contributed by atoms with E-state index in [9.17, 15) is 4.79 Å². The summed E-state index contributed by atoms with van der Waals surface area (Å²) in [6, 6.07) is 8.54. The van der Waals surface area contributed by atoms with Crippen LogP contribution in [0.5, 0.6) is 0 Å². The van der Waals surface area contributed by atoms with Gasteiger partial charge in [0.15, 0.2) is 0 Å². The Morgan fingerprint density at radius 1 is 1.20 bits per heavy atom. The second kappa shape index (κ2) is 10.1. The van der Waals surface area contributed by atoms with E-state index in [0.717, 1.165) is 5.56 Å². The maximum atomic E-state index is 10.4. The first kappa shape index (κ1) is 20.0. The number of hydrogen-bond donors (Lipinski definition) is 2. The molecule has 0 aliphatic rings. The number of nitrogens with two attached hydrogens (primary N) is 1. The molecule has 1 rings (SSSR count). The Morgan fingerprint density at radius 2 is 1.67 bits per heavy atom. The quantitative estimate of drug-likeness (QED) is 0.885. The lowest BCUT2D eigenvalue weighted by atomic mass is 10.1. The maximum Gasteiger partial charge on any atom is 0.320 e. The molecule has 15 heavy (non-hydrogen) atoms. The zero-order valence-electron chi connectivity index (χ0n) is 7.83. The summed E-state index contributed by atoms with van der Waals surface area (Å²) in [6.07, 6.45) is 0.385. The largest absolute Gasteiger partial charge is 0.480 e. The van der Waals surface area contributed by atoms with Crippen LogP contribution < -0.4 is 5.73 Å². The van der Waals surface area contributed by atoms with Crippen LogP contribution in [0.15, 0.2) is 30.3 Å². The number of rotatable bonds is 3. The molecule has 0 spiro atoms. The zero-order chi connectivity index (χ0) is 8.97. The molecule has 0 saturated carbocycles. The Balaban J connectivity index is -0.000000480. The molecule has 0 aliphatic carbocycles. The third-order valence-corrected chi connectivity index (χ3v) is 1.62. The number of halogens is 3. The van der Waals surface area contributed by atoms with E-state index in [1.807, 2.05) is 30.3 Å². The van der Waals surface area contributed by atoms with E-state index in [4.69, 9.17) is 10.8 Å². The molecule has 88 valence electrons. The fourth-order valence-corrected chi connectivity index (χ4v) is 0.955. The summed E-state index contributed by atoms with van der Waals surface area (Å²) in [5.74, 6) is -0.959. The molecule has 3 nitrogen and oxygen atoms in total. The monoisotopic (exact) mass is 273 g/mol. The van der Waals surface area contributed by atoms with Gasteiger partial charge in [0.25, 0.3) is 0 Å². The minimum atomic E-state index is -0.959. The van der Waals surface area contributed by atoms with Crippen LogP contribution in [0, 0.1) is 0 Å². The van der Waals surface area contributed by atoms with E-state index in [-0.39, 0.29) is 37.2 Å². The maximum absolute atomic E-state index is 10.4. The molecule has 0 bridgehead atoms. The Bertz CT molecular complexity index is 269. The number of carboxylic acid groups (broad SMARTS) is 1. The highest BCUT2D eigenvalue weighted by atomic mass is 35.5. The third-order valence-electron chi connectivity index (χ3n) is 1.62. The average Bonchev–Trinajstić information content (AvgIpc) is 2.06. The Hall–Kier alpha value is -0.480. The molecule has 1 aromatic rings. The molecule has 1 atom stereocenters. The van der Waals surface area contributed by atoms with Crippen molar-refractivity contribution in [2.24, 2.45) is 5.73 Å². The van der Waals surface area contributed by atoms with Gasteiger partial charge in [0.2, 0.25) is 0 Å². The smallest absolute Gasteiger partial charge is 0.320 e. The van der Waals surface area contributed by atoms with E-state index in [1.54, 1.807) is 0 Å². The molecule has 0 aliphatic heterocycles. The topological polar surface area (TPSA) is 63.3 Å². The lowest BCUT2D eigenvalue weighted by molar-refractivity contribution is -0.138. The van der Waals surface area contributed by atoms with E-state index >= 15 is 0 Å². The molecule has 3 N–H and O–H groups in total. The van der Waals surface area contributed by atoms with Crippen LogP contribution in [-0.2, 0) is 11.2 Å². The summed E-state index contributed by atoms with van der Waals surface area (Å²) in [5.41, 5.74) is 6.30. The zero-order valence-corrected chi connectivity index (χ0v) is 10.3. The minimum Gasteiger partial charge on any atom is -0.480 e. The summed E-state index contributed by atoms with van der Waals surface area (Å²) in [6.45, 7) is 0. The van der Waals surface area contributed by atoms with Gasteiger partial charge in [0, 0.05) is 0 Å². The number of aliphatic carboxylic acids is 1. The van der Waals surface area contributed by atoms with Gasteiger partial charge in [-0.15, -0.1) is 37.2 Å². The number of carboxylic acids is 1. The van der Waals surface area contributed by atoms with Crippen molar-refractivity contribution in [3.8, 4) is 0 Å².